The van der Waals surface area contributed by atoms with Crippen molar-refractivity contribution in [3.8, 4) is 0 Å². The van der Waals surface area contributed by atoms with Gasteiger partial charge in [-0.2, -0.15) is 0 Å². The van der Waals surface area contributed by atoms with Gasteiger partial charge in [-0.3, -0.25) is 14.5 Å². The Morgan fingerprint density at radius 1 is 1.12 bits per heavy atom. The van der Waals surface area contributed by atoms with Crippen LogP contribution in [0.4, 0.5) is 14.9 Å². The molecular weight excluding hydrogens is 315 g/mol. The summed E-state index contributed by atoms with van der Waals surface area (Å²) in [5.41, 5.74) is 0.591. The number of hydrogen-bond donors (Lipinski definition) is 2. The highest BCUT2D eigenvalue weighted by Gasteiger charge is 2.31. The molecular formula is C16H19FN4O3. The summed E-state index contributed by atoms with van der Waals surface area (Å²) in [5.74, 6) is -0.965. The second-order valence-corrected chi connectivity index (χ2v) is 5.95. The lowest BCUT2D eigenvalue weighted by Crippen LogP contribution is -2.43. The van der Waals surface area contributed by atoms with Gasteiger partial charge in [0.1, 0.15) is 12.4 Å². The van der Waals surface area contributed by atoms with Crippen LogP contribution < -0.4 is 15.5 Å². The lowest BCUT2D eigenvalue weighted by atomic mass is 10.3. The lowest BCUT2D eigenvalue weighted by Gasteiger charge is -2.18. The fourth-order valence-electron chi connectivity index (χ4n) is 2.50. The minimum atomic E-state index is -0.379. The number of nitrogens with one attached hydrogen (secondary N) is 2. The Bertz CT molecular complexity index is 645. The highest BCUT2D eigenvalue weighted by molar-refractivity contribution is 5.96. The number of nitrogens with zero attached hydrogens (tertiary/aromatic N) is 2. The van der Waals surface area contributed by atoms with Crippen LogP contribution in [0.25, 0.3) is 0 Å². The highest BCUT2D eigenvalue weighted by Crippen LogP contribution is 2.20. The first-order valence-corrected chi connectivity index (χ1v) is 7.91. The van der Waals surface area contributed by atoms with Crippen molar-refractivity contribution in [3.05, 3.63) is 30.1 Å². The second-order valence-electron chi connectivity index (χ2n) is 5.95. The highest BCUT2D eigenvalue weighted by atomic mass is 19.1. The van der Waals surface area contributed by atoms with Crippen LogP contribution in [-0.2, 0) is 9.59 Å². The smallest absolute Gasteiger partial charge is 0.325 e. The van der Waals surface area contributed by atoms with Gasteiger partial charge in [0.2, 0.25) is 11.8 Å². The van der Waals surface area contributed by atoms with Gasteiger partial charge in [-0.1, -0.05) is 0 Å². The minimum absolute atomic E-state index is 0.0843. The first-order valence-electron chi connectivity index (χ1n) is 7.91. The molecule has 0 radical (unpaired) electrons. The van der Waals surface area contributed by atoms with Gasteiger partial charge in [0.05, 0.1) is 6.54 Å². The van der Waals surface area contributed by atoms with Gasteiger partial charge in [0, 0.05) is 24.8 Å². The van der Waals surface area contributed by atoms with Crippen LogP contribution in [0.5, 0.6) is 0 Å². The first-order chi connectivity index (χ1) is 11.5. The maximum Gasteiger partial charge on any atom is 0.325 e. The van der Waals surface area contributed by atoms with E-state index in [1.165, 1.54) is 34.1 Å². The summed E-state index contributed by atoms with van der Waals surface area (Å²) in [4.78, 5) is 38.6. The summed E-state index contributed by atoms with van der Waals surface area (Å²) in [5, 5.41) is 5.28. The number of carbonyl (C=O) groups is 3. The van der Waals surface area contributed by atoms with Gasteiger partial charge < -0.3 is 15.5 Å². The van der Waals surface area contributed by atoms with Crippen LogP contribution in [0, 0.1) is 5.82 Å². The van der Waals surface area contributed by atoms with Crippen LogP contribution in [0.3, 0.4) is 0 Å². The van der Waals surface area contributed by atoms with Crippen molar-refractivity contribution in [1.29, 1.82) is 0 Å². The molecule has 0 aromatic heterocycles. The number of benzene rings is 1. The van der Waals surface area contributed by atoms with E-state index in [9.17, 15) is 18.8 Å². The van der Waals surface area contributed by atoms with Gasteiger partial charge in [0.15, 0.2) is 0 Å². The number of hydrogen-bond acceptors (Lipinski definition) is 3. The molecule has 3 rings (SSSR count). The molecule has 128 valence electrons. The summed E-state index contributed by atoms with van der Waals surface area (Å²) in [6.45, 7) is 0.643. The second kappa shape index (κ2) is 6.86. The summed E-state index contributed by atoms with van der Waals surface area (Å²) < 4.78 is 13.0. The average Bonchev–Trinajstić information content (AvgIpc) is 3.30. The maximum atomic E-state index is 13.0. The van der Waals surface area contributed by atoms with Gasteiger partial charge in [-0.25, -0.2) is 9.18 Å². The largest absolute Gasteiger partial charge is 0.352 e. The summed E-state index contributed by atoms with van der Waals surface area (Å²) in [6, 6.07) is 5.57. The zero-order valence-corrected chi connectivity index (χ0v) is 13.1. The molecule has 8 heteroatoms. The standard InChI is InChI=1S/C16H19FN4O3/c17-11-1-5-13(6-2-11)21-8-7-20(16(21)24)10-15(23)18-9-14(22)19-12-3-4-12/h1-2,5-6,12H,3-4,7-10H2,(H,18,23)(H,19,22). The fourth-order valence-corrected chi connectivity index (χ4v) is 2.50. The predicted molar refractivity (Wildman–Crippen MR) is 84.9 cm³/mol. The van der Waals surface area contributed by atoms with E-state index in [1.54, 1.807) is 0 Å². The SMILES string of the molecule is O=C(CN1CCN(c2ccc(F)cc2)C1=O)NCC(=O)NC1CC1. The molecule has 4 amide bonds. The van der Waals surface area contributed by atoms with Crippen LogP contribution in [0.1, 0.15) is 12.8 Å². The average molecular weight is 334 g/mol. The Hall–Kier alpha value is -2.64. The molecule has 1 aliphatic heterocycles. The number of amides is 4. The monoisotopic (exact) mass is 334 g/mol. The fraction of sp³-hybridized carbons (Fsp3) is 0.438. The van der Waals surface area contributed by atoms with Crippen LogP contribution in [-0.4, -0.2) is 55.0 Å². The van der Waals surface area contributed by atoms with Crippen molar-refractivity contribution >= 4 is 23.5 Å². The van der Waals surface area contributed by atoms with Crippen LogP contribution in [0.2, 0.25) is 0 Å². The molecule has 2 N–H and O–H groups in total. The van der Waals surface area contributed by atoms with E-state index >= 15 is 0 Å². The Kier molecular flexibility index (Phi) is 4.64. The molecule has 0 unspecified atom stereocenters. The number of carbonyl (C=O) groups excluding carboxylic acids is 3. The zero-order chi connectivity index (χ0) is 17.1. The minimum Gasteiger partial charge on any atom is -0.352 e. The Balaban J connectivity index is 1.47. The third-order valence-electron chi connectivity index (χ3n) is 3.96. The molecule has 7 nitrogen and oxygen atoms in total. The van der Waals surface area contributed by atoms with E-state index in [0.29, 0.717) is 18.8 Å². The molecule has 24 heavy (non-hydrogen) atoms. The molecule has 1 saturated heterocycles. The van der Waals surface area contributed by atoms with Gasteiger partial charge in [-0.15, -0.1) is 0 Å². The van der Waals surface area contributed by atoms with Crippen molar-refractivity contribution in [2.24, 2.45) is 0 Å². The van der Waals surface area contributed by atoms with Gasteiger partial charge in [0.25, 0.3) is 0 Å². The van der Waals surface area contributed by atoms with E-state index < -0.39 is 0 Å². The summed E-state index contributed by atoms with van der Waals surface area (Å²) in [6.07, 6.45) is 1.97. The van der Waals surface area contributed by atoms with Crippen molar-refractivity contribution in [1.82, 2.24) is 15.5 Å². The lowest BCUT2D eigenvalue weighted by molar-refractivity contribution is -0.126. The Labute approximate surface area is 138 Å². The quantitative estimate of drug-likeness (QED) is 0.793. The van der Waals surface area contributed by atoms with E-state index in [4.69, 9.17) is 0 Å². The van der Waals surface area contributed by atoms with E-state index in [1.807, 2.05) is 0 Å². The maximum absolute atomic E-state index is 13.0. The molecule has 1 aliphatic carbocycles. The normalized spacial score (nSPS) is 17.1. The van der Waals surface area contributed by atoms with Crippen molar-refractivity contribution in [2.75, 3.05) is 31.1 Å². The molecule has 1 aromatic carbocycles. The van der Waals surface area contributed by atoms with Gasteiger partial charge >= 0.3 is 6.03 Å². The molecule has 0 atom stereocenters. The molecule has 0 bridgehead atoms. The van der Waals surface area contributed by atoms with Gasteiger partial charge in [-0.05, 0) is 37.1 Å². The summed E-state index contributed by atoms with van der Waals surface area (Å²) >= 11 is 0. The zero-order valence-electron chi connectivity index (χ0n) is 13.1. The molecule has 0 spiro atoms. The van der Waals surface area contributed by atoms with Crippen molar-refractivity contribution < 1.29 is 18.8 Å². The third kappa shape index (κ3) is 4.01. The van der Waals surface area contributed by atoms with Crippen LogP contribution >= 0.6 is 0 Å². The Morgan fingerprint density at radius 2 is 1.83 bits per heavy atom. The molecule has 2 fully saturated rings. The first kappa shape index (κ1) is 16.2. The molecule has 1 saturated carbocycles. The van der Waals surface area contributed by atoms with Crippen LogP contribution in [0.15, 0.2) is 24.3 Å². The number of halogens is 1. The molecule has 1 heterocycles. The number of urea groups is 1. The van der Waals surface area contributed by atoms with E-state index in [2.05, 4.69) is 10.6 Å². The predicted octanol–water partition coefficient (Wildman–Crippen LogP) is 0.462. The third-order valence-corrected chi connectivity index (χ3v) is 3.96. The van der Waals surface area contributed by atoms with E-state index in [-0.39, 0.29) is 42.8 Å². The summed E-state index contributed by atoms with van der Waals surface area (Å²) in [7, 11) is 0. The van der Waals surface area contributed by atoms with E-state index in [0.717, 1.165) is 12.8 Å². The Morgan fingerprint density at radius 3 is 2.50 bits per heavy atom. The number of anilines is 1. The number of rotatable bonds is 6. The topological polar surface area (TPSA) is 81.8 Å². The van der Waals surface area contributed by atoms with Crippen molar-refractivity contribution in [2.45, 2.75) is 18.9 Å². The molecule has 1 aromatic rings. The van der Waals surface area contributed by atoms with Crippen molar-refractivity contribution in [3.63, 3.8) is 0 Å². The molecule has 2 aliphatic rings.